The van der Waals surface area contributed by atoms with Gasteiger partial charge in [-0.15, -0.1) is 0 Å². The Labute approximate surface area is 166 Å². The second-order valence-electron chi connectivity index (χ2n) is 6.66. The molecule has 29 heavy (non-hydrogen) atoms. The Kier molecular flexibility index (Phi) is 7.25. The molecule has 0 aliphatic heterocycles. The minimum absolute atomic E-state index is 0.0531. The molecular weight excluding hydrogens is 387 g/mol. The van der Waals surface area contributed by atoms with Crippen molar-refractivity contribution in [2.75, 3.05) is 11.4 Å². The molecule has 1 N–H and O–H groups in total. The van der Waals surface area contributed by atoms with Crippen LogP contribution in [0.25, 0.3) is 0 Å². The minimum Gasteiger partial charge on any atom is -0.491 e. The first-order valence-electron chi connectivity index (χ1n) is 9.06. The Balaban J connectivity index is 2.44. The highest BCUT2D eigenvalue weighted by atomic mass is 19.4. The summed E-state index contributed by atoms with van der Waals surface area (Å²) < 4.78 is 45.7. The van der Waals surface area contributed by atoms with E-state index in [9.17, 15) is 22.8 Å². The summed E-state index contributed by atoms with van der Waals surface area (Å²) in [5.74, 6) is -1.45. The predicted octanol–water partition coefficient (Wildman–Crippen LogP) is 5.00. The molecule has 2 aromatic rings. The molecular formula is C21H22F3NO4. The Morgan fingerprint density at radius 1 is 1.10 bits per heavy atom. The van der Waals surface area contributed by atoms with Crippen molar-refractivity contribution in [2.45, 2.75) is 39.0 Å². The highest BCUT2D eigenvalue weighted by molar-refractivity contribution is 6.07. The number of ether oxygens (including phenoxy) is 1. The molecule has 0 radical (unpaired) electrons. The van der Waals surface area contributed by atoms with Gasteiger partial charge in [-0.3, -0.25) is 9.59 Å². The van der Waals surface area contributed by atoms with Gasteiger partial charge in [0, 0.05) is 24.7 Å². The van der Waals surface area contributed by atoms with Gasteiger partial charge in [-0.05, 0) is 44.5 Å². The summed E-state index contributed by atoms with van der Waals surface area (Å²) in [6, 6.07) is 11.0. The van der Waals surface area contributed by atoms with E-state index in [2.05, 4.69) is 0 Å². The number of alkyl halides is 3. The van der Waals surface area contributed by atoms with Gasteiger partial charge in [-0.2, -0.15) is 13.2 Å². The standard InChI is InChI=1S/C21H22F3NO4/c1-14(2)29-16-8-5-7-15(13-16)25(12-6-11-19(26)27)20(28)17-9-3-4-10-18(17)21(22,23)24/h3-5,7-10,13-14H,6,11-12H2,1-2H3,(H,26,27). The number of carbonyl (C=O) groups excluding carboxylic acids is 1. The van der Waals surface area contributed by atoms with Crippen LogP contribution in [0.3, 0.4) is 0 Å². The van der Waals surface area contributed by atoms with Crippen LogP contribution in [0.5, 0.6) is 5.75 Å². The largest absolute Gasteiger partial charge is 0.491 e. The molecule has 0 unspecified atom stereocenters. The summed E-state index contributed by atoms with van der Waals surface area (Å²) in [6.07, 6.45) is -4.95. The monoisotopic (exact) mass is 409 g/mol. The molecule has 0 aliphatic rings. The normalized spacial score (nSPS) is 11.4. The van der Waals surface area contributed by atoms with Gasteiger partial charge < -0.3 is 14.7 Å². The van der Waals surface area contributed by atoms with Crippen molar-refractivity contribution in [3.8, 4) is 5.75 Å². The SMILES string of the molecule is CC(C)Oc1cccc(N(CCCC(=O)O)C(=O)c2ccccc2C(F)(F)F)c1. The van der Waals surface area contributed by atoms with E-state index in [4.69, 9.17) is 9.84 Å². The topological polar surface area (TPSA) is 66.8 Å². The zero-order chi connectivity index (χ0) is 21.6. The van der Waals surface area contributed by atoms with Crippen molar-refractivity contribution in [2.24, 2.45) is 0 Å². The van der Waals surface area contributed by atoms with E-state index in [0.29, 0.717) is 11.4 Å². The number of rotatable bonds is 8. The van der Waals surface area contributed by atoms with Crippen LogP contribution < -0.4 is 9.64 Å². The second-order valence-corrected chi connectivity index (χ2v) is 6.66. The lowest BCUT2D eigenvalue weighted by Crippen LogP contribution is -2.33. The highest BCUT2D eigenvalue weighted by Crippen LogP contribution is 2.33. The van der Waals surface area contributed by atoms with Crippen molar-refractivity contribution >= 4 is 17.6 Å². The molecule has 0 atom stereocenters. The van der Waals surface area contributed by atoms with Crippen LogP contribution in [0.15, 0.2) is 48.5 Å². The number of benzene rings is 2. The smallest absolute Gasteiger partial charge is 0.417 e. The molecule has 156 valence electrons. The van der Waals surface area contributed by atoms with Crippen LogP contribution in [-0.2, 0) is 11.0 Å². The van der Waals surface area contributed by atoms with Crippen LogP contribution >= 0.6 is 0 Å². The Bertz CT molecular complexity index is 865. The van der Waals surface area contributed by atoms with Crippen molar-refractivity contribution in [3.63, 3.8) is 0 Å². The van der Waals surface area contributed by atoms with Gasteiger partial charge in [0.25, 0.3) is 5.91 Å². The first-order valence-corrected chi connectivity index (χ1v) is 9.06. The van der Waals surface area contributed by atoms with Crippen molar-refractivity contribution in [1.82, 2.24) is 0 Å². The number of carboxylic acids is 1. The predicted molar refractivity (Wildman–Crippen MR) is 102 cm³/mol. The van der Waals surface area contributed by atoms with Gasteiger partial charge in [-0.25, -0.2) is 0 Å². The second kappa shape index (κ2) is 9.45. The van der Waals surface area contributed by atoms with Gasteiger partial charge in [0.05, 0.1) is 17.2 Å². The van der Waals surface area contributed by atoms with Crippen LogP contribution in [0, 0.1) is 0 Å². The third kappa shape index (κ3) is 6.23. The fraction of sp³-hybridized carbons (Fsp3) is 0.333. The summed E-state index contributed by atoms with van der Waals surface area (Å²) in [4.78, 5) is 25.1. The van der Waals surface area contributed by atoms with Gasteiger partial charge in [0.1, 0.15) is 5.75 Å². The maximum atomic E-state index is 13.4. The number of hydrogen-bond donors (Lipinski definition) is 1. The summed E-state index contributed by atoms with van der Waals surface area (Å²) in [5, 5.41) is 8.87. The van der Waals surface area contributed by atoms with E-state index in [-0.39, 0.29) is 25.5 Å². The third-order valence-electron chi connectivity index (χ3n) is 3.98. The molecule has 0 aromatic heterocycles. The van der Waals surface area contributed by atoms with E-state index < -0.39 is 29.2 Å². The lowest BCUT2D eigenvalue weighted by atomic mass is 10.0. The summed E-state index contributed by atoms with van der Waals surface area (Å²) >= 11 is 0. The molecule has 5 nitrogen and oxygen atoms in total. The van der Waals surface area contributed by atoms with Gasteiger partial charge in [-0.1, -0.05) is 18.2 Å². The lowest BCUT2D eigenvalue weighted by Gasteiger charge is -2.25. The van der Waals surface area contributed by atoms with Crippen molar-refractivity contribution in [1.29, 1.82) is 0 Å². The van der Waals surface area contributed by atoms with E-state index in [1.165, 1.54) is 12.1 Å². The number of hydrogen-bond acceptors (Lipinski definition) is 3. The Morgan fingerprint density at radius 3 is 2.41 bits per heavy atom. The third-order valence-corrected chi connectivity index (χ3v) is 3.98. The molecule has 1 amide bonds. The number of halogens is 3. The molecule has 0 bridgehead atoms. The summed E-state index contributed by atoms with van der Waals surface area (Å²) in [5.41, 5.74) is -1.20. The van der Waals surface area contributed by atoms with E-state index in [1.807, 2.05) is 13.8 Å². The fourth-order valence-electron chi connectivity index (χ4n) is 2.80. The molecule has 0 spiro atoms. The number of anilines is 1. The van der Waals surface area contributed by atoms with E-state index >= 15 is 0 Å². The first-order chi connectivity index (χ1) is 13.6. The summed E-state index contributed by atoms with van der Waals surface area (Å²) in [7, 11) is 0. The fourth-order valence-corrected chi connectivity index (χ4v) is 2.80. The molecule has 2 aromatic carbocycles. The summed E-state index contributed by atoms with van der Waals surface area (Å²) in [6.45, 7) is 3.59. The Hall–Kier alpha value is -3.03. The minimum atomic E-state index is -4.69. The number of carboxylic acid groups (broad SMARTS) is 1. The Morgan fingerprint density at radius 2 is 1.79 bits per heavy atom. The van der Waals surface area contributed by atoms with E-state index in [1.54, 1.807) is 24.3 Å². The van der Waals surface area contributed by atoms with Gasteiger partial charge in [0.15, 0.2) is 0 Å². The van der Waals surface area contributed by atoms with Crippen molar-refractivity contribution in [3.05, 3.63) is 59.7 Å². The van der Waals surface area contributed by atoms with Gasteiger partial charge in [0.2, 0.25) is 0 Å². The van der Waals surface area contributed by atoms with Crippen LogP contribution in [0.2, 0.25) is 0 Å². The van der Waals surface area contributed by atoms with Gasteiger partial charge >= 0.3 is 12.1 Å². The molecule has 0 saturated carbocycles. The zero-order valence-electron chi connectivity index (χ0n) is 16.1. The lowest BCUT2D eigenvalue weighted by molar-refractivity contribution is -0.138. The number of carbonyl (C=O) groups is 2. The zero-order valence-corrected chi connectivity index (χ0v) is 16.1. The quantitative estimate of drug-likeness (QED) is 0.666. The van der Waals surface area contributed by atoms with Crippen LogP contribution in [-0.4, -0.2) is 29.6 Å². The van der Waals surface area contributed by atoms with Crippen molar-refractivity contribution < 1.29 is 32.6 Å². The highest BCUT2D eigenvalue weighted by Gasteiger charge is 2.36. The van der Waals surface area contributed by atoms with E-state index in [0.717, 1.165) is 17.0 Å². The maximum Gasteiger partial charge on any atom is 0.417 e. The molecule has 2 rings (SSSR count). The molecule has 0 fully saturated rings. The maximum absolute atomic E-state index is 13.4. The van der Waals surface area contributed by atoms with Crippen LogP contribution in [0.1, 0.15) is 42.6 Å². The number of aliphatic carboxylic acids is 1. The molecule has 0 heterocycles. The number of amides is 1. The number of nitrogens with zero attached hydrogens (tertiary/aromatic N) is 1. The molecule has 0 aliphatic carbocycles. The first kappa shape index (κ1) is 22.3. The average molecular weight is 409 g/mol. The average Bonchev–Trinajstić information content (AvgIpc) is 2.63. The molecule has 8 heteroatoms. The molecule has 0 saturated heterocycles. The van der Waals surface area contributed by atoms with Crippen LogP contribution in [0.4, 0.5) is 18.9 Å².